The number of primary amides is 1. The minimum atomic E-state index is -0.911. The number of imide groups is 1. The molecule has 6 heteroatoms. The number of nitrogens with zero attached hydrogens (tertiary/aromatic N) is 1. The highest BCUT2D eigenvalue weighted by atomic mass is 32.1. The monoisotopic (exact) mass is 178 g/mol. The van der Waals surface area contributed by atoms with Crippen LogP contribution >= 0.6 is 12.6 Å². The van der Waals surface area contributed by atoms with Gasteiger partial charge >= 0.3 is 6.03 Å². The number of hydrogen-bond acceptors (Lipinski definition) is 4. The summed E-state index contributed by atoms with van der Waals surface area (Å²) in [7, 11) is 0. The molecule has 64 valence electrons. The molecule has 0 aromatic carbocycles. The number of carbonyl (C=O) groups excluding carboxylic acids is 2. The summed E-state index contributed by atoms with van der Waals surface area (Å²) in [5.41, 5.74) is 4.82. The van der Waals surface area contributed by atoms with E-state index in [-0.39, 0.29) is 0 Å². The van der Waals surface area contributed by atoms with Gasteiger partial charge in [0.05, 0.1) is 5.37 Å². The zero-order valence-corrected chi connectivity index (χ0v) is 6.91. The molecule has 0 bridgehead atoms. The van der Waals surface area contributed by atoms with E-state index < -0.39 is 23.9 Å². The van der Waals surface area contributed by atoms with Gasteiger partial charge in [-0.3, -0.25) is 9.69 Å². The Hall–Kier alpha value is -0.750. The minimum Gasteiger partial charge on any atom is -0.387 e. The normalized spacial score (nSPS) is 12.3. The van der Waals surface area contributed by atoms with Crippen LogP contribution in [-0.2, 0) is 4.79 Å². The van der Waals surface area contributed by atoms with Crippen molar-refractivity contribution in [3.63, 3.8) is 0 Å². The average molecular weight is 178 g/mol. The first-order valence-corrected chi connectivity index (χ1v) is 3.42. The highest BCUT2D eigenvalue weighted by molar-refractivity contribution is 7.80. The predicted molar refractivity (Wildman–Crippen MR) is 42.0 cm³/mol. The second kappa shape index (κ2) is 4.20. The number of nitrogens with two attached hydrogens (primary N) is 1. The fourth-order valence-corrected chi connectivity index (χ4v) is 0.834. The lowest BCUT2D eigenvalue weighted by molar-refractivity contribution is -0.131. The largest absolute Gasteiger partial charge is 0.387 e. The Labute approximate surface area is 69.6 Å². The fourth-order valence-electron chi connectivity index (χ4n) is 0.592. The topological polar surface area (TPSA) is 83.6 Å². The molecular weight excluding hydrogens is 168 g/mol. The Balaban J connectivity index is 4.34. The zero-order valence-electron chi connectivity index (χ0n) is 6.02. The summed E-state index contributed by atoms with van der Waals surface area (Å²) < 4.78 is 0. The SMILES string of the molecule is CC(S)N(C(N)=O)C(=O)CO. The molecule has 3 amide bonds. The standard InChI is InChI=1S/C5H10N2O3S/c1-3(11)7(5(6)10)4(9)2-8/h3,8,11H,2H2,1H3,(H2,6,10). The summed E-state index contributed by atoms with van der Waals surface area (Å²) in [6.07, 6.45) is 0. The fraction of sp³-hybridized carbons (Fsp3) is 0.600. The van der Waals surface area contributed by atoms with Crippen LogP contribution in [0.2, 0.25) is 0 Å². The van der Waals surface area contributed by atoms with Crippen LogP contribution in [0.5, 0.6) is 0 Å². The van der Waals surface area contributed by atoms with E-state index in [1.165, 1.54) is 6.92 Å². The van der Waals surface area contributed by atoms with E-state index in [2.05, 4.69) is 12.6 Å². The lowest BCUT2D eigenvalue weighted by atomic mass is 10.5. The van der Waals surface area contributed by atoms with Crippen LogP contribution in [0.4, 0.5) is 4.79 Å². The van der Waals surface area contributed by atoms with Gasteiger partial charge in [-0.05, 0) is 6.92 Å². The van der Waals surface area contributed by atoms with Crippen LogP contribution in [-0.4, -0.2) is 33.9 Å². The van der Waals surface area contributed by atoms with Crippen molar-refractivity contribution in [3.8, 4) is 0 Å². The van der Waals surface area contributed by atoms with E-state index >= 15 is 0 Å². The Morgan fingerprint density at radius 2 is 2.18 bits per heavy atom. The zero-order chi connectivity index (χ0) is 9.02. The lowest BCUT2D eigenvalue weighted by Crippen LogP contribution is -2.45. The van der Waals surface area contributed by atoms with Crippen LogP contribution in [0.1, 0.15) is 6.92 Å². The van der Waals surface area contributed by atoms with Crippen molar-refractivity contribution in [3.05, 3.63) is 0 Å². The molecule has 0 aliphatic heterocycles. The van der Waals surface area contributed by atoms with Crippen LogP contribution < -0.4 is 5.73 Å². The van der Waals surface area contributed by atoms with Gasteiger partial charge in [0.1, 0.15) is 6.61 Å². The lowest BCUT2D eigenvalue weighted by Gasteiger charge is -2.20. The first-order chi connectivity index (χ1) is 5.00. The molecule has 1 unspecified atom stereocenters. The summed E-state index contributed by atoms with van der Waals surface area (Å²) in [4.78, 5) is 21.9. The highest BCUT2D eigenvalue weighted by Gasteiger charge is 2.21. The van der Waals surface area contributed by atoms with Crippen molar-refractivity contribution in [1.29, 1.82) is 0 Å². The minimum absolute atomic E-state index is 0.618. The summed E-state index contributed by atoms with van der Waals surface area (Å²) in [5, 5.41) is 7.75. The number of hydrogen-bond donors (Lipinski definition) is 3. The third kappa shape index (κ3) is 2.77. The predicted octanol–water partition coefficient (Wildman–Crippen LogP) is -0.838. The van der Waals surface area contributed by atoms with E-state index in [0.717, 1.165) is 0 Å². The van der Waals surface area contributed by atoms with Gasteiger partial charge in [0, 0.05) is 0 Å². The van der Waals surface area contributed by atoms with Crippen molar-refractivity contribution in [2.45, 2.75) is 12.3 Å². The number of rotatable bonds is 2. The van der Waals surface area contributed by atoms with Gasteiger partial charge in [0.2, 0.25) is 0 Å². The Morgan fingerprint density at radius 1 is 1.73 bits per heavy atom. The van der Waals surface area contributed by atoms with Crippen LogP contribution in [0.25, 0.3) is 0 Å². The molecule has 0 spiro atoms. The molecule has 0 aliphatic rings. The smallest absolute Gasteiger partial charge is 0.322 e. The first kappa shape index (κ1) is 10.2. The summed E-state index contributed by atoms with van der Waals surface area (Å²) in [6, 6.07) is -0.911. The van der Waals surface area contributed by atoms with Crippen LogP contribution in [0, 0.1) is 0 Å². The Kier molecular flexibility index (Phi) is 3.91. The molecule has 0 saturated heterocycles. The van der Waals surface area contributed by atoms with Gasteiger partial charge in [-0.1, -0.05) is 0 Å². The molecule has 11 heavy (non-hydrogen) atoms. The summed E-state index contributed by atoms with van der Waals surface area (Å²) in [5.74, 6) is -0.750. The molecular formula is C5H10N2O3S. The molecule has 0 radical (unpaired) electrons. The number of amides is 3. The van der Waals surface area contributed by atoms with Crippen molar-refractivity contribution in [2.75, 3.05) is 6.61 Å². The summed E-state index contributed by atoms with van der Waals surface area (Å²) >= 11 is 3.82. The van der Waals surface area contributed by atoms with Gasteiger partial charge in [-0.15, -0.1) is 0 Å². The van der Waals surface area contributed by atoms with Gasteiger partial charge in [-0.2, -0.15) is 12.6 Å². The molecule has 0 aromatic heterocycles. The average Bonchev–Trinajstić information content (AvgIpc) is 1.85. The van der Waals surface area contributed by atoms with Crippen molar-refractivity contribution in [2.24, 2.45) is 5.73 Å². The third-order valence-corrected chi connectivity index (χ3v) is 1.25. The molecule has 0 fully saturated rings. The second-order valence-corrected chi connectivity index (χ2v) is 2.64. The molecule has 0 heterocycles. The van der Waals surface area contributed by atoms with Crippen LogP contribution in [0.15, 0.2) is 0 Å². The van der Waals surface area contributed by atoms with E-state index in [1.54, 1.807) is 0 Å². The third-order valence-electron chi connectivity index (χ3n) is 1.02. The van der Waals surface area contributed by atoms with Gasteiger partial charge in [-0.25, -0.2) is 4.79 Å². The molecule has 3 N–H and O–H groups in total. The number of aliphatic hydroxyl groups excluding tert-OH is 1. The quantitative estimate of drug-likeness (QED) is 0.381. The van der Waals surface area contributed by atoms with Gasteiger partial charge < -0.3 is 10.8 Å². The number of carbonyl (C=O) groups is 2. The molecule has 0 aromatic rings. The number of thiol groups is 1. The second-order valence-electron chi connectivity index (χ2n) is 1.89. The van der Waals surface area contributed by atoms with Crippen molar-refractivity contribution < 1.29 is 14.7 Å². The van der Waals surface area contributed by atoms with E-state index in [4.69, 9.17) is 10.8 Å². The highest BCUT2D eigenvalue weighted by Crippen LogP contribution is 2.02. The molecule has 0 saturated carbocycles. The maximum Gasteiger partial charge on any atom is 0.322 e. The van der Waals surface area contributed by atoms with Crippen LogP contribution in [0.3, 0.4) is 0 Å². The molecule has 5 nitrogen and oxygen atoms in total. The van der Waals surface area contributed by atoms with Gasteiger partial charge in [0.25, 0.3) is 5.91 Å². The Bertz CT molecular complexity index is 171. The van der Waals surface area contributed by atoms with Crippen molar-refractivity contribution >= 4 is 24.6 Å². The van der Waals surface area contributed by atoms with E-state index in [1.807, 2.05) is 0 Å². The number of aliphatic hydroxyl groups is 1. The van der Waals surface area contributed by atoms with E-state index in [0.29, 0.717) is 4.90 Å². The van der Waals surface area contributed by atoms with Gasteiger partial charge in [0.15, 0.2) is 0 Å². The summed E-state index contributed by atoms with van der Waals surface area (Å²) in [6.45, 7) is 0.759. The maximum atomic E-state index is 10.7. The maximum absolute atomic E-state index is 10.7. The number of urea groups is 1. The van der Waals surface area contributed by atoms with Crippen molar-refractivity contribution in [1.82, 2.24) is 4.90 Å². The van der Waals surface area contributed by atoms with E-state index in [9.17, 15) is 9.59 Å². The molecule has 0 rings (SSSR count). The molecule has 1 atom stereocenters. The Morgan fingerprint density at radius 3 is 2.27 bits per heavy atom. The molecule has 0 aliphatic carbocycles. The first-order valence-electron chi connectivity index (χ1n) is 2.91.